The summed E-state index contributed by atoms with van der Waals surface area (Å²) in [5.41, 5.74) is 2.77. The van der Waals surface area contributed by atoms with Gasteiger partial charge in [-0.15, -0.1) is 0 Å². The predicted molar refractivity (Wildman–Crippen MR) is 152 cm³/mol. The van der Waals surface area contributed by atoms with Crippen molar-refractivity contribution in [1.29, 1.82) is 0 Å². The minimum atomic E-state index is -5.11. The van der Waals surface area contributed by atoms with E-state index in [2.05, 4.69) is 16.0 Å². The molecule has 2 amide bonds. The van der Waals surface area contributed by atoms with E-state index in [4.69, 9.17) is 4.74 Å². The van der Waals surface area contributed by atoms with Crippen molar-refractivity contribution in [1.82, 2.24) is 19.8 Å². The molecule has 1 saturated heterocycles. The van der Waals surface area contributed by atoms with Gasteiger partial charge in [-0.05, 0) is 101 Å². The molecule has 2 aromatic heterocycles. The SMILES string of the molecule is Cc1[nH]c2ncc(-c3cc4c(c([C@@H]5CCCN5C(=O)OC(C)(C)C)c3)CN(C(=O)C(C)(O)C(F)(F)F)CC4)cc2c1C. The molecule has 1 fully saturated rings. The lowest BCUT2D eigenvalue weighted by Crippen LogP contribution is -2.56. The summed E-state index contributed by atoms with van der Waals surface area (Å²) in [6.07, 6.45) is -2.14. The van der Waals surface area contributed by atoms with Crippen molar-refractivity contribution in [2.24, 2.45) is 0 Å². The molecule has 0 radical (unpaired) electrons. The van der Waals surface area contributed by atoms with Crippen LogP contribution < -0.4 is 0 Å². The van der Waals surface area contributed by atoms with Gasteiger partial charge in [0.15, 0.2) is 0 Å². The van der Waals surface area contributed by atoms with Crippen molar-refractivity contribution in [3.8, 4) is 11.1 Å². The zero-order chi connectivity index (χ0) is 30.8. The van der Waals surface area contributed by atoms with Crippen LogP contribution >= 0.6 is 0 Å². The molecule has 11 heteroatoms. The van der Waals surface area contributed by atoms with E-state index in [0.29, 0.717) is 31.9 Å². The third kappa shape index (κ3) is 5.34. The molecule has 2 atom stereocenters. The Kier molecular flexibility index (Phi) is 7.32. The lowest BCUT2D eigenvalue weighted by atomic mass is 9.86. The topological polar surface area (TPSA) is 98.8 Å². The van der Waals surface area contributed by atoms with Crippen LogP contribution in [-0.4, -0.2) is 67.3 Å². The lowest BCUT2D eigenvalue weighted by molar-refractivity contribution is -0.250. The number of aromatic amines is 1. The van der Waals surface area contributed by atoms with Crippen molar-refractivity contribution in [3.05, 3.63) is 52.3 Å². The summed E-state index contributed by atoms with van der Waals surface area (Å²) in [5, 5.41) is 11.1. The fraction of sp³-hybridized carbons (Fsp3) is 0.516. The van der Waals surface area contributed by atoms with Crippen molar-refractivity contribution in [2.45, 2.75) is 90.8 Å². The average Bonchev–Trinajstić information content (AvgIpc) is 3.50. The highest BCUT2D eigenvalue weighted by Crippen LogP contribution is 2.41. The highest BCUT2D eigenvalue weighted by molar-refractivity contribution is 5.87. The molecule has 4 heterocycles. The van der Waals surface area contributed by atoms with Gasteiger partial charge in [-0.25, -0.2) is 9.78 Å². The number of aromatic nitrogens is 2. The molecule has 42 heavy (non-hydrogen) atoms. The number of ether oxygens (including phenoxy) is 1. The number of carbonyl (C=O) groups is 2. The fourth-order valence-corrected chi connectivity index (χ4v) is 5.87. The standard InChI is InChI=1S/C31H37F3N4O4/c1-17-18(2)36-26-22(17)14-21(15-35-26)20-12-19-9-11-37(27(39)30(6,41)31(32,33)34)16-24(19)23(13-20)25-8-7-10-38(25)28(40)42-29(3,4)5/h12-15,25,41H,7-11,16H2,1-6H3,(H,35,36)/t25-,30?/m0/s1. The van der Waals surface area contributed by atoms with E-state index in [9.17, 15) is 27.9 Å². The van der Waals surface area contributed by atoms with Crippen LogP contribution in [0.5, 0.6) is 0 Å². The quantitative estimate of drug-likeness (QED) is 0.386. The van der Waals surface area contributed by atoms with Gasteiger partial charge >= 0.3 is 12.3 Å². The van der Waals surface area contributed by atoms with Gasteiger partial charge in [-0.1, -0.05) is 6.07 Å². The summed E-state index contributed by atoms with van der Waals surface area (Å²) in [4.78, 5) is 36.8. The first-order valence-electron chi connectivity index (χ1n) is 14.2. The van der Waals surface area contributed by atoms with E-state index in [1.54, 1.807) is 31.9 Å². The number of aliphatic hydroxyl groups is 1. The van der Waals surface area contributed by atoms with Crippen molar-refractivity contribution < 1.29 is 32.6 Å². The van der Waals surface area contributed by atoms with Crippen LogP contribution in [0.2, 0.25) is 0 Å². The second-order valence-electron chi connectivity index (χ2n) is 12.6. The Morgan fingerprint density at radius 3 is 2.45 bits per heavy atom. The van der Waals surface area contributed by atoms with Gasteiger partial charge in [-0.3, -0.25) is 4.79 Å². The molecule has 2 aliphatic heterocycles. The summed E-state index contributed by atoms with van der Waals surface area (Å²) in [7, 11) is 0. The van der Waals surface area contributed by atoms with Crippen LogP contribution in [0.3, 0.4) is 0 Å². The molecule has 0 saturated carbocycles. The molecule has 5 rings (SSSR count). The molecule has 2 N–H and O–H groups in total. The zero-order valence-electron chi connectivity index (χ0n) is 24.8. The fourth-order valence-electron chi connectivity index (χ4n) is 5.87. The number of H-pyrrole nitrogens is 1. The number of halogens is 3. The number of pyridine rings is 1. The number of aryl methyl sites for hydroxylation is 2. The average molecular weight is 587 g/mol. The molecule has 0 aliphatic carbocycles. The number of carbonyl (C=O) groups excluding carboxylic acids is 2. The third-order valence-electron chi connectivity index (χ3n) is 8.37. The van der Waals surface area contributed by atoms with E-state index >= 15 is 0 Å². The Balaban J connectivity index is 1.60. The lowest BCUT2D eigenvalue weighted by Gasteiger charge is -2.37. The van der Waals surface area contributed by atoms with Gasteiger partial charge < -0.3 is 24.6 Å². The van der Waals surface area contributed by atoms with E-state index in [1.165, 1.54) is 0 Å². The minimum Gasteiger partial charge on any atom is -0.444 e. The summed E-state index contributed by atoms with van der Waals surface area (Å²) < 4.78 is 46.3. The number of likely N-dealkylation sites (tertiary alicyclic amines) is 1. The van der Waals surface area contributed by atoms with Crippen LogP contribution in [0, 0.1) is 13.8 Å². The Hall–Kier alpha value is -3.60. The van der Waals surface area contributed by atoms with Crippen LogP contribution in [-0.2, 0) is 22.5 Å². The number of amides is 2. The smallest absolute Gasteiger partial charge is 0.426 e. The van der Waals surface area contributed by atoms with Crippen LogP contribution in [0.1, 0.15) is 74.5 Å². The maximum absolute atomic E-state index is 13.6. The van der Waals surface area contributed by atoms with E-state index in [-0.39, 0.29) is 19.1 Å². The molecule has 8 nitrogen and oxygen atoms in total. The maximum Gasteiger partial charge on any atom is 0.426 e. The van der Waals surface area contributed by atoms with E-state index in [0.717, 1.165) is 55.9 Å². The first-order chi connectivity index (χ1) is 19.5. The number of nitrogens with one attached hydrogen (secondary N) is 1. The largest absolute Gasteiger partial charge is 0.444 e. The molecule has 1 unspecified atom stereocenters. The monoisotopic (exact) mass is 586 g/mol. The van der Waals surface area contributed by atoms with Crippen molar-refractivity contribution in [3.63, 3.8) is 0 Å². The highest BCUT2D eigenvalue weighted by atomic mass is 19.4. The zero-order valence-corrected chi connectivity index (χ0v) is 24.8. The van der Waals surface area contributed by atoms with Crippen LogP contribution in [0.15, 0.2) is 24.4 Å². The first-order valence-corrected chi connectivity index (χ1v) is 14.2. The summed E-state index contributed by atoms with van der Waals surface area (Å²) in [6, 6.07) is 5.62. The van der Waals surface area contributed by atoms with Gasteiger partial charge in [-0.2, -0.15) is 13.2 Å². The Labute approximate surface area is 242 Å². The summed E-state index contributed by atoms with van der Waals surface area (Å²) in [6.45, 7) is 10.3. The number of hydrogen-bond donors (Lipinski definition) is 2. The summed E-state index contributed by atoms with van der Waals surface area (Å²) in [5.74, 6) is -1.39. The molecule has 0 spiro atoms. The van der Waals surface area contributed by atoms with E-state index < -0.39 is 29.4 Å². The number of benzene rings is 1. The maximum atomic E-state index is 13.6. The number of hydrogen-bond acceptors (Lipinski definition) is 5. The van der Waals surface area contributed by atoms with Gasteiger partial charge in [0.25, 0.3) is 5.91 Å². The minimum absolute atomic E-state index is 0.0226. The van der Waals surface area contributed by atoms with Crippen LogP contribution in [0.25, 0.3) is 22.2 Å². The number of alkyl halides is 3. The van der Waals surface area contributed by atoms with Crippen molar-refractivity contribution in [2.75, 3.05) is 13.1 Å². The molecular formula is C31H37F3N4O4. The number of fused-ring (bicyclic) bond motifs is 2. The van der Waals surface area contributed by atoms with Gasteiger partial charge in [0.1, 0.15) is 11.2 Å². The first kappa shape index (κ1) is 29.9. The molecule has 226 valence electrons. The third-order valence-corrected chi connectivity index (χ3v) is 8.37. The highest BCUT2D eigenvalue weighted by Gasteiger charge is 2.57. The molecular weight excluding hydrogens is 549 g/mol. The van der Waals surface area contributed by atoms with Crippen LogP contribution in [0.4, 0.5) is 18.0 Å². The van der Waals surface area contributed by atoms with E-state index in [1.807, 2.05) is 26.0 Å². The Morgan fingerprint density at radius 1 is 1.07 bits per heavy atom. The number of nitrogens with zero attached hydrogens (tertiary/aromatic N) is 3. The Bertz CT molecular complexity index is 1550. The molecule has 2 aliphatic rings. The molecule has 1 aromatic carbocycles. The van der Waals surface area contributed by atoms with Gasteiger partial charge in [0, 0.05) is 42.5 Å². The number of rotatable bonds is 3. The normalized spacial score (nSPS) is 19.1. The Morgan fingerprint density at radius 2 is 1.79 bits per heavy atom. The predicted octanol–water partition coefficient (Wildman–Crippen LogP) is 6.12. The van der Waals surface area contributed by atoms with Crippen molar-refractivity contribution >= 4 is 23.0 Å². The van der Waals surface area contributed by atoms with Gasteiger partial charge in [0.05, 0.1) is 6.04 Å². The second kappa shape index (κ2) is 10.3. The molecule has 3 aromatic rings. The van der Waals surface area contributed by atoms with Gasteiger partial charge in [0.2, 0.25) is 5.60 Å². The second-order valence-corrected chi connectivity index (χ2v) is 12.6. The summed E-state index contributed by atoms with van der Waals surface area (Å²) >= 11 is 0. The molecule has 0 bridgehead atoms.